The van der Waals surface area contributed by atoms with Gasteiger partial charge in [0.15, 0.2) is 0 Å². The molecule has 0 amide bonds. The molecule has 0 saturated heterocycles. The third-order valence-corrected chi connectivity index (χ3v) is 6.66. The largest absolute Gasteiger partial charge is 0.481 e. The van der Waals surface area contributed by atoms with E-state index in [0.717, 1.165) is 21.7 Å². The van der Waals surface area contributed by atoms with Crippen LogP contribution < -0.4 is 0 Å². The smallest absolute Gasteiger partial charge is 0.433 e. The highest BCUT2D eigenvalue weighted by molar-refractivity contribution is 7.90. The van der Waals surface area contributed by atoms with E-state index in [-0.39, 0.29) is 46.8 Å². The monoisotopic (exact) mass is 454 g/mol. The number of nitrogens with zero attached hydrogens (tertiary/aromatic N) is 2. The number of pyridine rings is 1. The predicted octanol–water partition coefficient (Wildman–Crippen LogP) is 4.82. The first-order chi connectivity index (χ1) is 14.4. The first-order valence-electron chi connectivity index (χ1n) is 9.57. The number of carboxylic acids is 1. The third-order valence-electron chi connectivity index (χ3n) is 4.88. The summed E-state index contributed by atoms with van der Waals surface area (Å²) in [6.45, 7) is 3.93. The molecule has 0 saturated carbocycles. The molecular weight excluding hydrogens is 433 g/mol. The minimum absolute atomic E-state index is 0.00580. The highest BCUT2D eigenvalue weighted by atomic mass is 32.2. The topological polar surface area (TPSA) is 89.3 Å². The van der Waals surface area contributed by atoms with Gasteiger partial charge in [0.05, 0.1) is 15.9 Å². The highest BCUT2D eigenvalue weighted by Crippen LogP contribution is 2.32. The van der Waals surface area contributed by atoms with Crippen molar-refractivity contribution in [1.82, 2.24) is 8.96 Å². The summed E-state index contributed by atoms with van der Waals surface area (Å²) >= 11 is 0. The van der Waals surface area contributed by atoms with Crippen molar-refractivity contribution >= 4 is 27.0 Å². The standard InChI is InChI=1S/C21H21F3N2O4S/c1-13(2)14-6-8-16(9-7-14)31(29,30)26-15(4-3-5-20(27)28)12-17-18(26)10-11-19(25-17)21(22,23)24/h6-13H,3-5H2,1-2H3,(H,27,28). The van der Waals surface area contributed by atoms with Crippen molar-refractivity contribution in [3.8, 4) is 0 Å². The maximum Gasteiger partial charge on any atom is 0.433 e. The van der Waals surface area contributed by atoms with Crippen LogP contribution in [0.4, 0.5) is 13.2 Å². The molecule has 0 unspecified atom stereocenters. The number of fused-ring (bicyclic) bond motifs is 1. The van der Waals surface area contributed by atoms with Crippen molar-refractivity contribution < 1.29 is 31.5 Å². The minimum Gasteiger partial charge on any atom is -0.481 e. The van der Waals surface area contributed by atoms with Gasteiger partial charge in [-0.3, -0.25) is 4.79 Å². The van der Waals surface area contributed by atoms with E-state index in [1.54, 1.807) is 12.1 Å². The summed E-state index contributed by atoms with van der Waals surface area (Å²) in [5.41, 5.74) is -0.132. The van der Waals surface area contributed by atoms with E-state index in [2.05, 4.69) is 4.98 Å². The van der Waals surface area contributed by atoms with E-state index < -0.39 is 27.9 Å². The van der Waals surface area contributed by atoms with Crippen molar-refractivity contribution in [3.05, 3.63) is 59.4 Å². The molecule has 0 spiro atoms. The first kappa shape index (κ1) is 22.8. The fraction of sp³-hybridized carbons (Fsp3) is 0.333. The lowest BCUT2D eigenvalue weighted by molar-refractivity contribution is -0.141. The molecule has 0 aliphatic rings. The molecule has 31 heavy (non-hydrogen) atoms. The number of alkyl halides is 3. The van der Waals surface area contributed by atoms with Gasteiger partial charge in [0.1, 0.15) is 5.69 Å². The molecule has 166 valence electrons. The van der Waals surface area contributed by atoms with E-state index in [0.29, 0.717) is 0 Å². The Morgan fingerprint density at radius 3 is 2.32 bits per heavy atom. The van der Waals surface area contributed by atoms with Gasteiger partial charge in [-0.05, 0) is 54.7 Å². The molecule has 1 aromatic carbocycles. The molecule has 0 aliphatic carbocycles. The summed E-state index contributed by atoms with van der Waals surface area (Å²) in [4.78, 5) is 14.4. The van der Waals surface area contributed by atoms with Gasteiger partial charge >= 0.3 is 12.1 Å². The van der Waals surface area contributed by atoms with E-state index in [1.165, 1.54) is 18.2 Å². The van der Waals surface area contributed by atoms with Gasteiger partial charge in [0.25, 0.3) is 10.0 Å². The number of rotatable bonds is 7. The van der Waals surface area contributed by atoms with Crippen molar-refractivity contribution in [1.29, 1.82) is 0 Å². The first-order valence-corrected chi connectivity index (χ1v) is 11.0. The number of aryl methyl sites for hydroxylation is 1. The van der Waals surface area contributed by atoms with Crippen LogP contribution in [0.15, 0.2) is 47.4 Å². The molecule has 2 aromatic heterocycles. The fourth-order valence-electron chi connectivity index (χ4n) is 3.28. The number of hydrogen-bond donors (Lipinski definition) is 1. The number of benzene rings is 1. The minimum atomic E-state index is -4.68. The van der Waals surface area contributed by atoms with E-state index >= 15 is 0 Å². The number of hydrogen-bond acceptors (Lipinski definition) is 4. The second kappa shape index (κ2) is 8.33. The van der Waals surface area contributed by atoms with Crippen LogP contribution in [-0.2, 0) is 27.4 Å². The van der Waals surface area contributed by atoms with Crippen LogP contribution >= 0.6 is 0 Å². The summed E-state index contributed by atoms with van der Waals surface area (Å²) in [6, 6.07) is 9.36. The van der Waals surface area contributed by atoms with Crippen LogP contribution in [0.2, 0.25) is 0 Å². The Morgan fingerprint density at radius 2 is 1.77 bits per heavy atom. The van der Waals surface area contributed by atoms with Crippen LogP contribution in [0.3, 0.4) is 0 Å². The van der Waals surface area contributed by atoms with Gasteiger partial charge < -0.3 is 5.11 Å². The zero-order valence-corrected chi connectivity index (χ0v) is 17.7. The Balaban J connectivity index is 2.15. The van der Waals surface area contributed by atoms with E-state index in [1.807, 2.05) is 13.8 Å². The second-order valence-corrected chi connectivity index (χ2v) is 9.26. The summed E-state index contributed by atoms with van der Waals surface area (Å²) in [5, 5.41) is 8.87. The molecule has 0 bridgehead atoms. The maximum atomic E-state index is 13.4. The van der Waals surface area contributed by atoms with Gasteiger partial charge in [-0.15, -0.1) is 0 Å². The summed E-state index contributed by atoms with van der Waals surface area (Å²) in [6.07, 6.45) is -4.70. The molecule has 3 aromatic rings. The van der Waals surface area contributed by atoms with Gasteiger partial charge in [-0.25, -0.2) is 17.4 Å². The van der Waals surface area contributed by atoms with E-state index in [4.69, 9.17) is 5.11 Å². The molecule has 0 atom stereocenters. The van der Waals surface area contributed by atoms with Crippen molar-refractivity contribution in [2.45, 2.75) is 50.1 Å². The molecule has 0 radical (unpaired) electrons. The second-order valence-electron chi connectivity index (χ2n) is 7.47. The van der Waals surface area contributed by atoms with Gasteiger partial charge in [-0.2, -0.15) is 13.2 Å². The molecule has 3 rings (SSSR count). The highest BCUT2D eigenvalue weighted by Gasteiger charge is 2.33. The Kier molecular flexibility index (Phi) is 6.13. The van der Waals surface area contributed by atoms with Crippen LogP contribution in [0, 0.1) is 0 Å². The third kappa shape index (κ3) is 4.73. The number of carboxylic acid groups (broad SMARTS) is 1. The van der Waals surface area contributed by atoms with E-state index in [9.17, 15) is 26.4 Å². The van der Waals surface area contributed by atoms with Crippen LogP contribution in [-0.4, -0.2) is 28.5 Å². The summed E-state index contributed by atoms with van der Waals surface area (Å²) < 4.78 is 66.9. The van der Waals surface area contributed by atoms with Crippen LogP contribution in [0.25, 0.3) is 11.0 Å². The lowest BCUT2D eigenvalue weighted by atomic mass is 10.0. The molecule has 2 heterocycles. The maximum absolute atomic E-state index is 13.4. The zero-order valence-electron chi connectivity index (χ0n) is 16.8. The Morgan fingerprint density at radius 1 is 1.13 bits per heavy atom. The lowest BCUT2D eigenvalue weighted by Gasteiger charge is -2.13. The van der Waals surface area contributed by atoms with Crippen molar-refractivity contribution in [2.24, 2.45) is 0 Å². The molecule has 10 heteroatoms. The lowest BCUT2D eigenvalue weighted by Crippen LogP contribution is -2.16. The average Bonchev–Trinajstić information content (AvgIpc) is 3.05. The average molecular weight is 454 g/mol. The summed E-state index contributed by atoms with van der Waals surface area (Å²) in [5.74, 6) is -0.854. The number of aromatic nitrogens is 2. The molecule has 0 aliphatic heterocycles. The molecule has 0 fully saturated rings. The van der Waals surface area contributed by atoms with Gasteiger partial charge in [-0.1, -0.05) is 26.0 Å². The number of halogens is 3. The normalized spacial score (nSPS) is 12.6. The van der Waals surface area contributed by atoms with Crippen molar-refractivity contribution in [3.63, 3.8) is 0 Å². The number of aliphatic carboxylic acids is 1. The SMILES string of the molecule is CC(C)c1ccc(S(=O)(=O)n2c(CCCC(=O)O)cc3nc(C(F)(F)F)ccc32)cc1. The van der Waals surface area contributed by atoms with Crippen molar-refractivity contribution in [2.75, 3.05) is 0 Å². The van der Waals surface area contributed by atoms with Crippen LogP contribution in [0.5, 0.6) is 0 Å². The number of carbonyl (C=O) groups is 1. The van der Waals surface area contributed by atoms with Crippen LogP contribution in [0.1, 0.15) is 49.6 Å². The molecular formula is C21H21F3N2O4S. The zero-order chi connectivity index (χ0) is 23.0. The Hall–Kier alpha value is -2.88. The fourth-order valence-corrected chi connectivity index (χ4v) is 4.84. The Bertz CT molecular complexity index is 1210. The molecule has 6 nitrogen and oxygen atoms in total. The predicted molar refractivity (Wildman–Crippen MR) is 108 cm³/mol. The van der Waals surface area contributed by atoms with Gasteiger partial charge in [0.2, 0.25) is 0 Å². The summed E-state index contributed by atoms with van der Waals surface area (Å²) in [7, 11) is -4.15. The van der Waals surface area contributed by atoms with Gasteiger partial charge in [0, 0.05) is 12.1 Å². The Labute approximate surface area is 177 Å². The molecule has 1 N–H and O–H groups in total. The quantitative estimate of drug-likeness (QED) is 0.553.